The molecule has 2 aromatic heterocycles. The van der Waals surface area contributed by atoms with E-state index in [1.54, 1.807) is 0 Å². The second-order valence-corrected chi connectivity index (χ2v) is 8.87. The summed E-state index contributed by atoms with van der Waals surface area (Å²) in [5, 5.41) is 23.9. The molecule has 9 nitrogen and oxygen atoms in total. The van der Waals surface area contributed by atoms with Gasteiger partial charge in [-0.1, -0.05) is 24.3 Å². The van der Waals surface area contributed by atoms with E-state index in [2.05, 4.69) is 20.9 Å². The van der Waals surface area contributed by atoms with Crippen molar-refractivity contribution < 1.29 is 37.4 Å². The van der Waals surface area contributed by atoms with Crippen LogP contribution < -0.4 is 10.9 Å². The molecule has 0 saturated carbocycles. The summed E-state index contributed by atoms with van der Waals surface area (Å²) in [6.07, 6.45) is -1.35. The highest BCUT2D eigenvalue weighted by molar-refractivity contribution is 5.92. The summed E-state index contributed by atoms with van der Waals surface area (Å²) in [5.74, 6) is -2.54. The molecular formula is C26H19F4N5O4. The number of hydrazine groups is 1. The zero-order chi connectivity index (χ0) is 28.1. The number of anilines is 1. The molecule has 0 spiro atoms. The minimum Gasteiger partial charge on any atom is -0.478 e. The number of nitrogens with zero attached hydrogens (tertiary/aromatic N) is 3. The predicted octanol–water partition coefficient (Wildman–Crippen LogP) is 4.27. The topological polar surface area (TPSA) is 129 Å². The Labute approximate surface area is 217 Å². The fraction of sp³-hybridized carbons (Fsp3) is 0.154. The molecule has 2 unspecified atom stereocenters. The Bertz CT molecular complexity index is 1600. The molecule has 5 rings (SSSR count). The number of pyridine rings is 1. The van der Waals surface area contributed by atoms with Crippen molar-refractivity contribution in [3.05, 3.63) is 89.6 Å². The SMILES string of the molecule is CC(C(=O)NNc1ccc(C(=O)O)cn1)n1cc(-c2cc(F)cc3c2-c2ccccc2C3(O)C(F)(F)F)cn1. The summed E-state index contributed by atoms with van der Waals surface area (Å²) in [5.41, 5.74) is 0.892. The lowest BCUT2D eigenvalue weighted by Crippen LogP contribution is -2.41. The number of hydrogen-bond donors (Lipinski definition) is 4. The van der Waals surface area contributed by atoms with Gasteiger partial charge in [0, 0.05) is 29.1 Å². The summed E-state index contributed by atoms with van der Waals surface area (Å²) < 4.78 is 58.4. The number of nitrogens with one attached hydrogen (secondary N) is 2. The summed E-state index contributed by atoms with van der Waals surface area (Å²) in [6, 6.07) is 8.90. The van der Waals surface area contributed by atoms with E-state index in [-0.39, 0.29) is 33.6 Å². The number of hydrogen-bond acceptors (Lipinski definition) is 6. The normalized spacial score (nSPS) is 16.8. The van der Waals surface area contributed by atoms with Gasteiger partial charge in [-0.3, -0.25) is 20.3 Å². The maximum Gasteiger partial charge on any atom is 0.425 e. The number of fused-ring (bicyclic) bond motifs is 3. The molecule has 13 heteroatoms. The van der Waals surface area contributed by atoms with Crippen LogP contribution in [0, 0.1) is 5.82 Å². The van der Waals surface area contributed by atoms with Gasteiger partial charge in [-0.2, -0.15) is 18.3 Å². The third-order valence-electron chi connectivity index (χ3n) is 6.50. The smallest absolute Gasteiger partial charge is 0.425 e. The molecule has 1 amide bonds. The van der Waals surface area contributed by atoms with Crippen molar-refractivity contribution in [1.29, 1.82) is 0 Å². The number of benzene rings is 2. The molecule has 0 aliphatic heterocycles. The Balaban J connectivity index is 1.44. The molecule has 1 aliphatic carbocycles. The van der Waals surface area contributed by atoms with Crippen LogP contribution in [0.15, 0.2) is 67.1 Å². The number of rotatable bonds is 6. The highest BCUT2D eigenvalue weighted by atomic mass is 19.4. The van der Waals surface area contributed by atoms with Crippen molar-refractivity contribution in [3.63, 3.8) is 0 Å². The largest absolute Gasteiger partial charge is 0.478 e. The lowest BCUT2D eigenvalue weighted by molar-refractivity contribution is -0.246. The van der Waals surface area contributed by atoms with Gasteiger partial charge in [-0.05, 0) is 47.9 Å². The molecule has 2 heterocycles. The molecule has 4 N–H and O–H groups in total. The number of alkyl halides is 3. The van der Waals surface area contributed by atoms with E-state index in [1.165, 1.54) is 54.3 Å². The van der Waals surface area contributed by atoms with Crippen LogP contribution in [0.4, 0.5) is 23.4 Å². The van der Waals surface area contributed by atoms with Crippen LogP contribution >= 0.6 is 0 Å². The van der Waals surface area contributed by atoms with Gasteiger partial charge < -0.3 is 10.2 Å². The fourth-order valence-electron chi connectivity index (χ4n) is 4.51. The van der Waals surface area contributed by atoms with Crippen LogP contribution in [0.3, 0.4) is 0 Å². The Morgan fingerprint density at radius 1 is 1.05 bits per heavy atom. The standard InChI is InChI=1S/C26H19F4N5O4/c1-13(23(36)34-33-21-7-6-14(10-31-21)24(37)38)35-12-15(11-32-35)18-8-16(27)9-20-22(18)17-4-2-3-5-19(17)25(20,39)26(28,29)30/h2-13,39H,1H3,(H,31,33)(H,34,36)(H,37,38). The van der Waals surface area contributed by atoms with Crippen LogP contribution in [0.1, 0.15) is 34.5 Å². The Morgan fingerprint density at radius 2 is 1.79 bits per heavy atom. The Morgan fingerprint density at radius 3 is 2.46 bits per heavy atom. The highest BCUT2D eigenvalue weighted by Gasteiger charge is 2.61. The van der Waals surface area contributed by atoms with Crippen molar-refractivity contribution in [3.8, 4) is 22.3 Å². The van der Waals surface area contributed by atoms with Crippen LogP contribution in [-0.4, -0.2) is 43.0 Å². The monoisotopic (exact) mass is 541 g/mol. The first-order valence-electron chi connectivity index (χ1n) is 11.4. The molecule has 0 saturated heterocycles. The number of amides is 1. The van der Waals surface area contributed by atoms with E-state index < -0.39 is 46.6 Å². The number of aromatic nitrogens is 3. The van der Waals surface area contributed by atoms with Gasteiger partial charge in [0.2, 0.25) is 5.60 Å². The van der Waals surface area contributed by atoms with Gasteiger partial charge in [0.25, 0.3) is 5.91 Å². The predicted molar refractivity (Wildman–Crippen MR) is 130 cm³/mol. The number of carboxylic acids is 1. The quantitative estimate of drug-likeness (QED) is 0.212. The van der Waals surface area contributed by atoms with Crippen LogP contribution in [0.2, 0.25) is 0 Å². The van der Waals surface area contributed by atoms with Gasteiger partial charge in [-0.25, -0.2) is 14.2 Å². The van der Waals surface area contributed by atoms with Crippen molar-refractivity contribution in [1.82, 2.24) is 20.2 Å². The number of aromatic carboxylic acids is 1. The summed E-state index contributed by atoms with van der Waals surface area (Å²) in [4.78, 5) is 27.5. The number of carbonyl (C=O) groups is 2. The fourth-order valence-corrected chi connectivity index (χ4v) is 4.51. The molecule has 2 aromatic carbocycles. The van der Waals surface area contributed by atoms with E-state index in [9.17, 15) is 32.3 Å². The van der Waals surface area contributed by atoms with Gasteiger partial charge in [0.1, 0.15) is 17.7 Å². The maximum atomic E-state index is 14.7. The molecule has 4 aromatic rings. The van der Waals surface area contributed by atoms with Crippen molar-refractivity contribution in [2.24, 2.45) is 0 Å². The van der Waals surface area contributed by atoms with E-state index >= 15 is 0 Å². The zero-order valence-electron chi connectivity index (χ0n) is 20.0. The molecule has 0 fully saturated rings. The molecule has 0 bridgehead atoms. The second kappa shape index (κ2) is 9.20. The lowest BCUT2D eigenvalue weighted by atomic mass is 9.89. The number of carboxylic acid groups (broad SMARTS) is 1. The van der Waals surface area contributed by atoms with E-state index in [4.69, 9.17) is 5.11 Å². The average Bonchev–Trinajstić information content (AvgIpc) is 3.49. The molecule has 1 aliphatic rings. The first-order chi connectivity index (χ1) is 18.4. The molecule has 200 valence electrons. The van der Waals surface area contributed by atoms with E-state index in [0.29, 0.717) is 6.07 Å². The third kappa shape index (κ3) is 4.26. The number of carbonyl (C=O) groups excluding carboxylic acids is 1. The molecular weight excluding hydrogens is 522 g/mol. The summed E-state index contributed by atoms with van der Waals surface area (Å²) in [6.45, 7) is 1.50. The average molecular weight is 541 g/mol. The van der Waals surface area contributed by atoms with Crippen LogP contribution in [-0.2, 0) is 10.4 Å². The van der Waals surface area contributed by atoms with Crippen LogP contribution in [0.5, 0.6) is 0 Å². The first kappa shape index (κ1) is 25.9. The summed E-state index contributed by atoms with van der Waals surface area (Å²) >= 11 is 0. The van der Waals surface area contributed by atoms with Gasteiger partial charge >= 0.3 is 12.1 Å². The number of aliphatic hydroxyl groups is 1. The zero-order valence-corrected chi connectivity index (χ0v) is 20.0. The summed E-state index contributed by atoms with van der Waals surface area (Å²) in [7, 11) is 0. The van der Waals surface area contributed by atoms with Crippen molar-refractivity contribution in [2.75, 3.05) is 5.43 Å². The minimum absolute atomic E-state index is 0.0148. The Kier molecular flexibility index (Phi) is 6.10. The maximum absolute atomic E-state index is 14.7. The lowest BCUT2D eigenvalue weighted by Gasteiger charge is -2.28. The highest BCUT2D eigenvalue weighted by Crippen LogP contribution is 2.57. The van der Waals surface area contributed by atoms with E-state index in [1.807, 2.05) is 0 Å². The van der Waals surface area contributed by atoms with Gasteiger partial charge in [0.15, 0.2) is 0 Å². The second-order valence-electron chi connectivity index (χ2n) is 8.87. The van der Waals surface area contributed by atoms with Gasteiger partial charge in [-0.15, -0.1) is 0 Å². The Hall–Kier alpha value is -4.78. The van der Waals surface area contributed by atoms with Crippen LogP contribution in [0.25, 0.3) is 22.3 Å². The third-order valence-corrected chi connectivity index (χ3v) is 6.50. The van der Waals surface area contributed by atoms with E-state index in [0.717, 1.165) is 18.3 Å². The van der Waals surface area contributed by atoms with Gasteiger partial charge in [0.05, 0.1) is 11.8 Å². The first-order valence-corrected chi connectivity index (χ1v) is 11.4. The minimum atomic E-state index is -5.12. The van der Waals surface area contributed by atoms with Crippen molar-refractivity contribution >= 4 is 17.7 Å². The molecule has 0 radical (unpaired) electrons. The molecule has 39 heavy (non-hydrogen) atoms. The number of halogens is 4. The van der Waals surface area contributed by atoms with Crippen molar-refractivity contribution in [2.45, 2.75) is 24.7 Å². The molecule has 2 atom stereocenters.